The van der Waals surface area contributed by atoms with Gasteiger partial charge in [0, 0.05) is 44.4 Å². The predicted molar refractivity (Wildman–Crippen MR) is 94.5 cm³/mol. The van der Waals surface area contributed by atoms with Gasteiger partial charge in [-0.25, -0.2) is 0 Å². The summed E-state index contributed by atoms with van der Waals surface area (Å²) in [6, 6.07) is 8.10. The van der Waals surface area contributed by atoms with Crippen molar-refractivity contribution in [1.29, 1.82) is 0 Å². The molecule has 0 saturated carbocycles. The second-order valence-electron chi connectivity index (χ2n) is 5.14. The number of amides is 1. The van der Waals surface area contributed by atoms with Crippen LogP contribution < -0.4 is 20.7 Å². The minimum absolute atomic E-state index is 0. The zero-order valence-electron chi connectivity index (χ0n) is 12.8. The number of rotatable bonds is 6. The van der Waals surface area contributed by atoms with E-state index in [1.54, 1.807) is 7.11 Å². The van der Waals surface area contributed by atoms with Gasteiger partial charge in [-0.1, -0.05) is 6.07 Å². The minimum atomic E-state index is 0. The summed E-state index contributed by atoms with van der Waals surface area (Å²) in [4.78, 5) is 13.7. The van der Waals surface area contributed by atoms with Gasteiger partial charge in [0.05, 0.1) is 7.11 Å². The molecule has 1 fully saturated rings. The Kier molecular flexibility index (Phi) is 9.98. The molecule has 0 aliphatic carbocycles. The van der Waals surface area contributed by atoms with E-state index in [1.165, 1.54) is 5.69 Å². The van der Waals surface area contributed by atoms with Crippen molar-refractivity contribution in [2.75, 3.05) is 38.2 Å². The Balaban J connectivity index is 0.00000220. The number of hydrogen-bond acceptors (Lipinski definition) is 4. The van der Waals surface area contributed by atoms with E-state index in [1.807, 2.05) is 12.1 Å². The zero-order valence-corrected chi connectivity index (χ0v) is 14.4. The summed E-state index contributed by atoms with van der Waals surface area (Å²) in [5.41, 5.74) is 6.54. The normalized spacial score (nSPS) is 16.5. The van der Waals surface area contributed by atoms with Crippen molar-refractivity contribution in [3.63, 3.8) is 0 Å². The molecular weight excluding hydrogens is 325 g/mol. The molecule has 7 heteroatoms. The second kappa shape index (κ2) is 10.5. The standard InChI is InChI=1S/C15H23N3O2.2ClH/c1-20-14-4-2-3-13(9-14)18-8-6-12(11-18)10-17-15(19)5-7-16;;/h2-4,9,12H,5-8,10-11,16H2,1H3,(H,17,19);2*1H. The summed E-state index contributed by atoms with van der Waals surface area (Å²) in [6.45, 7) is 3.13. The molecule has 0 bridgehead atoms. The molecule has 1 aliphatic rings. The van der Waals surface area contributed by atoms with Crippen molar-refractivity contribution in [1.82, 2.24) is 5.32 Å². The SMILES string of the molecule is COc1cccc(N2CCC(CNC(=O)CCN)C2)c1.Cl.Cl. The first-order valence-electron chi connectivity index (χ1n) is 7.08. The van der Waals surface area contributed by atoms with Gasteiger partial charge in [-0.2, -0.15) is 0 Å². The molecular formula is C15H25Cl2N3O2. The van der Waals surface area contributed by atoms with E-state index in [-0.39, 0.29) is 30.7 Å². The third-order valence-electron chi connectivity index (χ3n) is 3.66. The van der Waals surface area contributed by atoms with Crippen LogP contribution >= 0.6 is 24.8 Å². The van der Waals surface area contributed by atoms with Crippen molar-refractivity contribution in [2.24, 2.45) is 11.7 Å². The van der Waals surface area contributed by atoms with Crippen molar-refractivity contribution < 1.29 is 9.53 Å². The molecule has 1 aliphatic heterocycles. The summed E-state index contributed by atoms with van der Waals surface area (Å²) < 4.78 is 5.25. The summed E-state index contributed by atoms with van der Waals surface area (Å²) in [5.74, 6) is 1.43. The molecule has 1 aromatic carbocycles. The van der Waals surface area contributed by atoms with Gasteiger partial charge in [0.25, 0.3) is 0 Å². The van der Waals surface area contributed by atoms with Crippen LogP contribution in [0.4, 0.5) is 5.69 Å². The Morgan fingerprint density at radius 2 is 2.23 bits per heavy atom. The lowest BCUT2D eigenvalue weighted by atomic mass is 10.1. The maximum Gasteiger partial charge on any atom is 0.221 e. The number of anilines is 1. The fourth-order valence-corrected chi connectivity index (χ4v) is 2.52. The lowest BCUT2D eigenvalue weighted by Crippen LogP contribution is -2.32. The number of hydrogen-bond donors (Lipinski definition) is 2. The maximum atomic E-state index is 11.4. The van der Waals surface area contributed by atoms with E-state index in [9.17, 15) is 4.79 Å². The Morgan fingerprint density at radius 3 is 2.91 bits per heavy atom. The Hall–Kier alpha value is -1.17. The first-order chi connectivity index (χ1) is 9.72. The van der Waals surface area contributed by atoms with Gasteiger partial charge in [-0.3, -0.25) is 4.79 Å². The summed E-state index contributed by atoms with van der Waals surface area (Å²) in [6.07, 6.45) is 1.51. The van der Waals surface area contributed by atoms with Gasteiger partial charge in [-0.15, -0.1) is 24.8 Å². The lowest BCUT2D eigenvalue weighted by Gasteiger charge is -2.19. The van der Waals surface area contributed by atoms with Crippen LogP contribution in [0.1, 0.15) is 12.8 Å². The lowest BCUT2D eigenvalue weighted by molar-refractivity contribution is -0.121. The molecule has 1 atom stereocenters. The third-order valence-corrected chi connectivity index (χ3v) is 3.66. The molecule has 1 unspecified atom stereocenters. The Bertz CT molecular complexity index is 460. The number of nitrogens with two attached hydrogens (primary N) is 1. The van der Waals surface area contributed by atoms with Gasteiger partial charge in [0.1, 0.15) is 5.75 Å². The van der Waals surface area contributed by atoms with Crippen molar-refractivity contribution in [3.8, 4) is 5.75 Å². The number of benzene rings is 1. The largest absolute Gasteiger partial charge is 0.497 e. The van der Waals surface area contributed by atoms with Gasteiger partial charge in [0.2, 0.25) is 5.91 Å². The number of carbonyl (C=O) groups excluding carboxylic acids is 1. The monoisotopic (exact) mass is 349 g/mol. The number of nitrogens with one attached hydrogen (secondary N) is 1. The number of nitrogens with zero attached hydrogens (tertiary/aromatic N) is 1. The molecule has 1 amide bonds. The summed E-state index contributed by atoms with van der Waals surface area (Å²) in [5, 5.41) is 2.95. The first-order valence-corrected chi connectivity index (χ1v) is 7.08. The molecule has 1 saturated heterocycles. The van der Waals surface area contributed by atoms with E-state index in [0.717, 1.165) is 31.8 Å². The summed E-state index contributed by atoms with van der Waals surface area (Å²) in [7, 11) is 1.68. The van der Waals surface area contributed by atoms with Crippen molar-refractivity contribution in [2.45, 2.75) is 12.8 Å². The smallest absolute Gasteiger partial charge is 0.221 e. The highest BCUT2D eigenvalue weighted by molar-refractivity contribution is 5.85. The van der Waals surface area contributed by atoms with E-state index in [2.05, 4.69) is 22.3 Å². The van der Waals surface area contributed by atoms with Crippen LogP contribution in [0.3, 0.4) is 0 Å². The highest BCUT2D eigenvalue weighted by Gasteiger charge is 2.23. The molecule has 22 heavy (non-hydrogen) atoms. The zero-order chi connectivity index (χ0) is 14.4. The first kappa shape index (κ1) is 20.8. The molecule has 1 aromatic rings. The number of methoxy groups -OCH3 is 1. The quantitative estimate of drug-likeness (QED) is 0.822. The molecule has 1 heterocycles. The van der Waals surface area contributed by atoms with Gasteiger partial charge in [0.15, 0.2) is 0 Å². The second-order valence-corrected chi connectivity index (χ2v) is 5.14. The molecule has 0 aromatic heterocycles. The Labute approximate surface area is 144 Å². The van der Waals surface area contributed by atoms with Crippen molar-refractivity contribution >= 4 is 36.4 Å². The van der Waals surface area contributed by atoms with Gasteiger partial charge in [-0.05, 0) is 24.5 Å². The number of carbonyl (C=O) groups is 1. The van der Waals surface area contributed by atoms with Gasteiger partial charge >= 0.3 is 0 Å². The molecule has 126 valence electrons. The maximum absolute atomic E-state index is 11.4. The van der Waals surface area contributed by atoms with E-state index in [0.29, 0.717) is 18.9 Å². The fraction of sp³-hybridized carbons (Fsp3) is 0.533. The predicted octanol–water partition coefficient (Wildman–Crippen LogP) is 1.83. The molecule has 0 spiro atoms. The number of ether oxygens (including phenoxy) is 1. The molecule has 2 rings (SSSR count). The van der Waals surface area contributed by atoms with Crippen LogP contribution in [0.5, 0.6) is 5.75 Å². The topological polar surface area (TPSA) is 67.6 Å². The van der Waals surface area contributed by atoms with Crippen LogP contribution in [0, 0.1) is 5.92 Å². The minimum Gasteiger partial charge on any atom is -0.497 e. The van der Waals surface area contributed by atoms with Crippen LogP contribution in [0.25, 0.3) is 0 Å². The van der Waals surface area contributed by atoms with Crippen LogP contribution in [-0.4, -0.2) is 39.2 Å². The van der Waals surface area contributed by atoms with E-state index >= 15 is 0 Å². The van der Waals surface area contributed by atoms with Crippen molar-refractivity contribution in [3.05, 3.63) is 24.3 Å². The molecule has 0 radical (unpaired) electrons. The van der Waals surface area contributed by atoms with E-state index in [4.69, 9.17) is 10.5 Å². The highest BCUT2D eigenvalue weighted by Crippen LogP contribution is 2.26. The Morgan fingerprint density at radius 1 is 1.45 bits per heavy atom. The molecule has 5 nitrogen and oxygen atoms in total. The fourth-order valence-electron chi connectivity index (χ4n) is 2.52. The average molecular weight is 350 g/mol. The number of halogens is 2. The van der Waals surface area contributed by atoms with Crippen LogP contribution in [0.15, 0.2) is 24.3 Å². The van der Waals surface area contributed by atoms with Gasteiger partial charge < -0.3 is 20.7 Å². The average Bonchev–Trinajstić information content (AvgIpc) is 2.94. The molecule has 3 N–H and O–H groups in total. The third kappa shape index (κ3) is 5.91. The van der Waals surface area contributed by atoms with Crippen LogP contribution in [-0.2, 0) is 4.79 Å². The van der Waals surface area contributed by atoms with Crippen LogP contribution in [0.2, 0.25) is 0 Å². The summed E-state index contributed by atoms with van der Waals surface area (Å²) >= 11 is 0. The highest BCUT2D eigenvalue weighted by atomic mass is 35.5. The van der Waals surface area contributed by atoms with E-state index < -0.39 is 0 Å².